The zero-order valence-corrected chi connectivity index (χ0v) is 9.53. The molecule has 1 heterocycles. The van der Waals surface area contributed by atoms with Gasteiger partial charge in [0.25, 0.3) is 5.89 Å². The van der Waals surface area contributed by atoms with Gasteiger partial charge in [-0.3, -0.25) is 0 Å². The minimum absolute atomic E-state index is 0.504. The molecule has 84 valence electrons. The van der Waals surface area contributed by atoms with Crippen LogP contribution in [0.4, 0.5) is 5.69 Å². The van der Waals surface area contributed by atoms with Gasteiger partial charge in [0.05, 0.1) is 5.56 Å². The van der Waals surface area contributed by atoms with Crippen LogP contribution in [0, 0.1) is 6.92 Å². The molecular formula is C12H15N3O. The molecule has 0 radical (unpaired) electrons. The van der Waals surface area contributed by atoms with Crippen LogP contribution in [-0.2, 0) is 6.42 Å². The summed E-state index contributed by atoms with van der Waals surface area (Å²) in [5.74, 6) is 1.24. The Hall–Kier alpha value is -1.84. The highest BCUT2D eigenvalue weighted by molar-refractivity contribution is 5.72. The Bertz CT molecular complexity index is 491. The number of rotatable bonds is 3. The fraction of sp³-hybridized carbons (Fsp3) is 0.333. The van der Waals surface area contributed by atoms with E-state index < -0.39 is 0 Å². The molecule has 4 heteroatoms. The van der Waals surface area contributed by atoms with Crippen molar-refractivity contribution in [3.8, 4) is 11.5 Å². The van der Waals surface area contributed by atoms with Crippen molar-refractivity contribution in [2.24, 2.45) is 0 Å². The van der Waals surface area contributed by atoms with Crippen molar-refractivity contribution in [3.63, 3.8) is 0 Å². The average Bonchev–Trinajstić information content (AvgIpc) is 2.71. The summed E-state index contributed by atoms with van der Waals surface area (Å²) >= 11 is 0. The van der Waals surface area contributed by atoms with Gasteiger partial charge >= 0.3 is 0 Å². The third-order valence-electron chi connectivity index (χ3n) is 2.50. The number of hydrogen-bond donors (Lipinski definition) is 1. The van der Waals surface area contributed by atoms with Crippen LogP contribution < -0.4 is 5.73 Å². The van der Waals surface area contributed by atoms with Gasteiger partial charge in [0.15, 0.2) is 5.82 Å². The Morgan fingerprint density at radius 2 is 2.19 bits per heavy atom. The maximum atomic E-state index is 5.97. The minimum Gasteiger partial charge on any atom is -0.398 e. The van der Waals surface area contributed by atoms with Crippen LogP contribution in [0.25, 0.3) is 11.5 Å². The Balaban J connectivity index is 2.39. The van der Waals surface area contributed by atoms with Gasteiger partial charge in [-0.15, -0.1) is 0 Å². The van der Waals surface area contributed by atoms with E-state index in [0.29, 0.717) is 11.6 Å². The van der Waals surface area contributed by atoms with Crippen LogP contribution in [-0.4, -0.2) is 10.1 Å². The number of nitrogens with zero attached hydrogens (tertiary/aromatic N) is 2. The molecule has 0 fully saturated rings. The first kappa shape index (κ1) is 10.7. The van der Waals surface area contributed by atoms with Gasteiger partial charge in [-0.2, -0.15) is 4.98 Å². The van der Waals surface area contributed by atoms with E-state index in [9.17, 15) is 0 Å². The van der Waals surface area contributed by atoms with Gasteiger partial charge in [0.1, 0.15) is 0 Å². The summed E-state index contributed by atoms with van der Waals surface area (Å²) in [4.78, 5) is 4.31. The maximum Gasteiger partial charge on any atom is 0.260 e. The number of aryl methyl sites for hydroxylation is 2. The second-order valence-corrected chi connectivity index (χ2v) is 3.80. The smallest absolute Gasteiger partial charge is 0.260 e. The van der Waals surface area contributed by atoms with E-state index in [2.05, 4.69) is 17.1 Å². The van der Waals surface area contributed by atoms with Crippen LogP contribution in [0.15, 0.2) is 22.7 Å². The highest BCUT2D eigenvalue weighted by Crippen LogP contribution is 2.26. The van der Waals surface area contributed by atoms with Gasteiger partial charge in [0, 0.05) is 12.1 Å². The van der Waals surface area contributed by atoms with Crippen molar-refractivity contribution < 1.29 is 4.52 Å². The SMILES string of the molecule is CCCc1noc(-c2cccc(C)c2N)n1. The average molecular weight is 217 g/mol. The molecule has 0 spiro atoms. The lowest BCUT2D eigenvalue weighted by atomic mass is 10.1. The standard InChI is InChI=1S/C12H15N3O/c1-3-5-10-14-12(16-15-10)9-7-4-6-8(2)11(9)13/h4,6-7H,3,5,13H2,1-2H3. The molecule has 0 bridgehead atoms. The first-order valence-corrected chi connectivity index (χ1v) is 5.40. The summed E-state index contributed by atoms with van der Waals surface area (Å²) < 4.78 is 5.20. The molecule has 2 aromatic rings. The van der Waals surface area contributed by atoms with E-state index in [4.69, 9.17) is 10.3 Å². The number of aromatic nitrogens is 2. The van der Waals surface area contributed by atoms with Gasteiger partial charge < -0.3 is 10.3 Å². The maximum absolute atomic E-state index is 5.97. The van der Waals surface area contributed by atoms with Gasteiger partial charge in [-0.1, -0.05) is 24.2 Å². The van der Waals surface area contributed by atoms with Gasteiger partial charge in [-0.25, -0.2) is 0 Å². The molecule has 2 N–H and O–H groups in total. The van der Waals surface area contributed by atoms with Crippen LogP contribution in [0.5, 0.6) is 0 Å². The highest BCUT2D eigenvalue weighted by Gasteiger charge is 2.11. The molecule has 2 rings (SSSR count). The zero-order valence-electron chi connectivity index (χ0n) is 9.53. The van der Waals surface area contributed by atoms with Crippen molar-refractivity contribution in [1.82, 2.24) is 10.1 Å². The Kier molecular flexibility index (Phi) is 2.90. The van der Waals surface area contributed by atoms with Crippen molar-refractivity contribution >= 4 is 5.69 Å². The lowest BCUT2D eigenvalue weighted by molar-refractivity contribution is 0.422. The summed E-state index contributed by atoms with van der Waals surface area (Å²) in [6.07, 6.45) is 1.83. The summed E-state index contributed by atoms with van der Waals surface area (Å²) in [5, 5.41) is 3.91. The predicted molar refractivity (Wildman–Crippen MR) is 62.9 cm³/mol. The Morgan fingerprint density at radius 1 is 1.38 bits per heavy atom. The molecule has 0 amide bonds. The molecule has 4 nitrogen and oxygen atoms in total. The van der Waals surface area contributed by atoms with Crippen LogP contribution in [0.3, 0.4) is 0 Å². The molecule has 16 heavy (non-hydrogen) atoms. The van der Waals surface area contributed by atoms with E-state index >= 15 is 0 Å². The predicted octanol–water partition coefficient (Wildman–Crippen LogP) is 2.58. The molecule has 0 aliphatic rings. The van der Waals surface area contributed by atoms with Crippen molar-refractivity contribution in [1.29, 1.82) is 0 Å². The molecule has 1 aromatic carbocycles. The molecule has 0 aliphatic carbocycles. The number of anilines is 1. The lowest BCUT2D eigenvalue weighted by Crippen LogP contribution is -1.93. The second-order valence-electron chi connectivity index (χ2n) is 3.80. The number of nitrogens with two attached hydrogens (primary N) is 1. The van der Waals surface area contributed by atoms with Gasteiger partial charge in [-0.05, 0) is 25.0 Å². The fourth-order valence-corrected chi connectivity index (χ4v) is 1.56. The summed E-state index contributed by atoms with van der Waals surface area (Å²) in [6.45, 7) is 4.04. The zero-order chi connectivity index (χ0) is 11.5. The third kappa shape index (κ3) is 1.91. The largest absolute Gasteiger partial charge is 0.398 e. The number of benzene rings is 1. The van der Waals surface area contributed by atoms with E-state index in [-0.39, 0.29) is 0 Å². The molecule has 0 atom stereocenters. The van der Waals surface area contributed by atoms with E-state index in [1.54, 1.807) is 0 Å². The first-order chi connectivity index (χ1) is 7.72. The van der Waals surface area contributed by atoms with Crippen molar-refractivity contribution in [2.45, 2.75) is 26.7 Å². The summed E-state index contributed by atoms with van der Waals surface area (Å²) in [5.41, 5.74) is 8.51. The second kappa shape index (κ2) is 4.35. The number of nitrogen functional groups attached to an aromatic ring is 1. The van der Waals surface area contributed by atoms with Crippen LogP contribution in [0.2, 0.25) is 0 Å². The molecule has 0 saturated heterocycles. The fourth-order valence-electron chi connectivity index (χ4n) is 1.56. The highest BCUT2D eigenvalue weighted by atomic mass is 16.5. The van der Waals surface area contributed by atoms with Crippen molar-refractivity contribution in [3.05, 3.63) is 29.6 Å². The molecule has 1 aromatic heterocycles. The topological polar surface area (TPSA) is 64.9 Å². The van der Waals surface area contributed by atoms with E-state index in [0.717, 1.165) is 29.8 Å². The molecule has 0 unspecified atom stereocenters. The van der Waals surface area contributed by atoms with Crippen LogP contribution in [0.1, 0.15) is 24.7 Å². The monoisotopic (exact) mass is 217 g/mol. The van der Waals surface area contributed by atoms with E-state index in [1.807, 2.05) is 25.1 Å². The van der Waals surface area contributed by atoms with Gasteiger partial charge in [0.2, 0.25) is 0 Å². The quantitative estimate of drug-likeness (QED) is 0.802. The summed E-state index contributed by atoms with van der Waals surface area (Å²) in [6, 6.07) is 5.79. The number of hydrogen-bond acceptors (Lipinski definition) is 4. The number of para-hydroxylation sites is 1. The van der Waals surface area contributed by atoms with Crippen molar-refractivity contribution in [2.75, 3.05) is 5.73 Å². The molecule has 0 saturated carbocycles. The molecule has 0 aliphatic heterocycles. The third-order valence-corrected chi connectivity index (χ3v) is 2.50. The van der Waals surface area contributed by atoms with Crippen LogP contribution >= 0.6 is 0 Å². The van der Waals surface area contributed by atoms with E-state index in [1.165, 1.54) is 0 Å². The Labute approximate surface area is 94.5 Å². The molecular weight excluding hydrogens is 202 g/mol. The first-order valence-electron chi connectivity index (χ1n) is 5.40. The Morgan fingerprint density at radius 3 is 2.94 bits per heavy atom. The lowest BCUT2D eigenvalue weighted by Gasteiger charge is -2.02. The minimum atomic E-state index is 0.504. The summed E-state index contributed by atoms with van der Waals surface area (Å²) in [7, 11) is 0. The normalized spacial score (nSPS) is 10.6.